The summed E-state index contributed by atoms with van der Waals surface area (Å²) in [5.74, 6) is -0.210. The lowest BCUT2D eigenvalue weighted by molar-refractivity contribution is 0.0168. The maximum Gasteiger partial charge on any atom is 0.137 e. The van der Waals surface area contributed by atoms with E-state index in [1.807, 2.05) is 6.07 Å². The van der Waals surface area contributed by atoms with Crippen LogP contribution in [0.25, 0.3) is 0 Å². The summed E-state index contributed by atoms with van der Waals surface area (Å²) in [5.41, 5.74) is 0.945. The third-order valence-corrected chi connectivity index (χ3v) is 3.88. The summed E-state index contributed by atoms with van der Waals surface area (Å²) in [6.45, 7) is 2.37. The minimum Gasteiger partial charge on any atom is -0.377 e. The van der Waals surface area contributed by atoms with E-state index in [-0.39, 0.29) is 5.82 Å². The molecule has 0 spiro atoms. The van der Waals surface area contributed by atoms with E-state index < -0.39 is 0 Å². The van der Waals surface area contributed by atoms with E-state index in [1.54, 1.807) is 6.07 Å². The Balaban J connectivity index is 1.79. The molecule has 1 aliphatic rings. The number of nitrogens with one attached hydrogen (secondary N) is 1. The molecule has 0 aromatic heterocycles. The van der Waals surface area contributed by atoms with Crippen LogP contribution in [0, 0.1) is 5.82 Å². The molecular weight excluding hydrogens is 285 g/mol. The lowest BCUT2D eigenvalue weighted by Gasteiger charge is -2.22. The highest BCUT2D eigenvalue weighted by molar-refractivity contribution is 9.10. The van der Waals surface area contributed by atoms with Crippen molar-refractivity contribution in [1.29, 1.82) is 0 Å². The summed E-state index contributed by atoms with van der Waals surface area (Å²) in [6, 6.07) is 5.11. The van der Waals surface area contributed by atoms with Gasteiger partial charge in [-0.25, -0.2) is 4.39 Å². The molecule has 2 rings (SSSR count). The molecule has 2 nitrogen and oxygen atoms in total. The molecule has 1 aromatic carbocycles. The van der Waals surface area contributed by atoms with Crippen LogP contribution in [0.15, 0.2) is 22.7 Å². The van der Waals surface area contributed by atoms with Gasteiger partial charge in [0, 0.05) is 19.7 Å². The van der Waals surface area contributed by atoms with E-state index in [2.05, 4.69) is 21.2 Å². The summed E-state index contributed by atoms with van der Waals surface area (Å²) < 4.78 is 19.4. The van der Waals surface area contributed by atoms with Crippen LogP contribution < -0.4 is 5.32 Å². The van der Waals surface area contributed by atoms with Gasteiger partial charge in [-0.3, -0.25) is 0 Å². The van der Waals surface area contributed by atoms with E-state index in [9.17, 15) is 4.39 Å². The number of halogens is 2. The molecule has 1 unspecified atom stereocenters. The molecule has 94 valence electrons. The largest absolute Gasteiger partial charge is 0.377 e. The van der Waals surface area contributed by atoms with Gasteiger partial charge in [0.1, 0.15) is 5.82 Å². The SMILES string of the molecule is Fc1cccc(CNCC2CCCCO2)c1Br. The van der Waals surface area contributed by atoms with E-state index in [4.69, 9.17) is 4.74 Å². The van der Waals surface area contributed by atoms with Crippen molar-refractivity contribution < 1.29 is 9.13 Å². The summed E-state index contributed by atoms with van der Waals surface area (Å²) >= 11 is 3.26. The second kappa shape index (κ2) is 6.47. The van der Waals surface area contributed by atoms with E-state index in [1.165, 1.54) is 18.9 Å². The average Bonchev–Trinajstić information content (AvgIpc) is 2.36. The highest BCUT2D eigenvalue weighted by Crippen LogP contribution is 2.20. The normalized spacial score (nSPS) is 20.5. The molecule has 0 radical (unpaired) electrons. The molecule has 0 amide bonds. The molecule has 1 saturated heterocycles. The molecule has 0 aliphatic carbocycles. The Hall–Kier alpha value is -0.450. The zero-order valence-electron chi connectivity index (χ0n) is 9.72. The zero-order chi connectivity index (χ0) is 12.1. The number of rotatable bonds is 4. The highest BCUT2D eigenvalue weighted by atomic mass is 79.9. The van der Waals surface area contributed by atoms with Gasteiger partial charge in [0.05, 0.1) is 10.6 Å². The first kappa shape index (κ1) is 13.0. The summed E-state index contributed by atoms with van der Waals surface area (Å²) in [4.78, 5) is 0. The number of ether oxygens (including phenoxy) is 1. The van der Waals surface area contributed by atoms with Crippen molar-refractivity contribution in [3.05, 3.63) is 34.1 Å². The molecule has 1 heterocycles. The molecule has 1 fully saturated rings. The van der Waals surface area contributed by atoms with Gasteiger partial charge in [-0.15, -0.1) is 0 Å². The lowest BCUT2D eigenvalue weighted by atomic mass is 10.1. The van der Waals surface area contributed by atoms with Crippen LogP contribution in [0.2, 0.25) is 0 Å². The maximum atomic E-state index is 13.3. The minimum absolute atomic E-state index is 0.210. The molecule has 0 saturated carbocycles. The van der Waals surface area contributed by atoms with Crippen molar-refractivity contribution in [3.63, 3.8) is 0 Å². The molecule has 17 heavy (non-hydrogen) atoms. The van der Waals surface area contributed by atoms with Gasteiger partial charge in [0.15, 0.2) is 0 Å². The van der Waals surface area contributed by atoms with Crippen LogP contribution in [0.4, 0.5) is 4.39 Å². The predicted octanol–water partition coefficient (Wildman–Crippen LogP) is 3.25. The van der Waals surface area contributed by atoms with Crippen molar-refractivity contribution in [3.8, 4) is 0 Å². The number of hydrogen-bond acceptors (Lipinski definition) is 2. The Morgan fingerprint density at radius 1 is 1.41 bits per heavy atom. The zero-order valence-corrected chi connectivity index (χ0v) is 11.3. The number of hydrogen-bond donors (Lipinski definition) is 1. The predicted molar refractivity (Wildman–Crippen MR) is 69.4 cm³/mol. The van der Waals surface area contributed by atoms with Crippen molar-refractivity contribution in [1.82, 2.24) is 5.32 Å². The Kier molecular flexibility index (Phi) is 4.95. The van der Waals surface area contributed by atoms with Gasteiger partial charge in [-0.05, 0) is 46.8 Å². The fourth-order valence-electron chi connectivity index (χ4n) is 2.02. The summed E-state index contributed by atoms with van der Waals surface area (Å²) in [5, 5.41) is 3.32. The van der Waals surface area contributed by atoms with E-state index >= 15 is 0 Å². The van der Waals surface area contributed by atoms with Crippen LogP contribution in [-0.2, 0) is 11.3 Å². The smallest absolute Gasteiger partial charge is 0.137 e. The monoisotopic (exact) mass is 301 g/mol. The van der Waals surface area contributed by atoms with Gasteiger partial charge >= 0.3 is 0 Å². The second-order valence-corrected chi connectivity index (χ2v) is 5.13. The van der Waals surface area contributed by atoms with Gasteiger partial charge in [-0.1, -0.05) is 12.1 Å². The Morgan fingerprint density at radius 3 is 3.06 bits per heavy atom. The van der Waals surface area contributed by atoms with Crippen LogP contribution >= 0.6 is 15.9 Å². The standard InChI is InChI=1S/C13H17BrFNO/c14-13-10(4-3-6-12(13)15)8-16-9-11-5-1-2-7-17-11/h3-4,6,11,16H,1-2,5,7-9H2. The third-order valence-electron chi connectivity index (χ3n) is 2.99. The molecule has 0 bridgehead atoms. The van der Waals surface area contributed by atoms with Crippen molar-refractivity contribution in [2.75, 3.05) is 13.2 Å². The Labute approximate surface area is 110 Å². The molecule has 1 N–H and O–H groups in total. The Morgan fingerprint density at radius 2 is 2.29 bits per heavy atom. The van der Waals surface area contributed by atoms with Crippen LogP contribution in [-0.4, -0.2) is 19.3 Å². The molecule has 1 aromatic rings. The lowest BCUT2D eigenvalue weighted by Crippen LogP contribution is -2.31. The molecule has 1 aliphatic heterocycles. The van der Waals surface area contributed by atoms with Crippen LogP contribution in [0.3, 0.4) is 0 Å². The Bertz CT molecular complexity index is 366. The van der Waals surface area contributed by atoms with Crippen molar-refractivity contribution >= 4 is 15.9 Å². The minimum atomic E-state index is -0.210. The second-order valence-electron chi connectivity index (χ2n) is 4.33. The van der Waals surface area contributed by atoms with Gasteiger partial charge in [0.2, 0.25) is 0 Å². The fourth-order valence-corrected chi connectivity index (χ4v) is 2.43. The topological polar surface area (TPSA) is 21.3 Å². The van der Waals surface area contributed by atoms with Gasteiger partial charge in [0.25, 0.3) is 0 Å². The van der Waals surface area contributed by atoms with Crippen LogP contribution in [0.5, 0.6) is 0 Å². The van der Waals surface area contributed by atoms with Crippen molar-refractivity contribution in [2.45, 2.75) is 31.9 Å². The summed E-state index contributed by atoms with van der Waals surface area (Å²) in [7, 11) is 0. The fraction of sp³-hybridized carbons (Fsp3) is 0.538. The molecule has 4 heteroatoms. The van der Waals surface area contributed by atoms with Crippen molar-refractivity contribution in [2.24, 2.45) is 0 Å². The first-order valence-corrected chi connectivity index (χ1v) is 6.82. The number of benzene rings is 1. The summed E-state index contributed by atoms with van der Waals surface area (Å²) in [6.07, 6.45) is 3.86. The van der Waals surface area contributed by atoms with Gasteiger partial charge < -0.3 is 10.1 Å². The molecular formula is C13H17BrFNO. The van der Waals surface area contributed by atoms with E-state index in [0.29, 0.717) is 17.1 Å². The first-order chi connectivity index (χ1) is 8.27. The molecule has 1 atom stereocenters. The average molecular weight is 302 g/mol. The van der Waals surface area contributed by atoms with E-state index in [0.717, 1.165) is 25.1 Å². The van der Waals surface area contributed by atoms with Gasteiger partial charge in [-0.2, -0.15) is 0 Å². The maximum absolute atomic E-state index is 13.3. The van der Waals surface area contributed by atoms with Crippen LogP contribution in [0.1, 0.15) is 24.8 Å². The quantitative estimate of drug-likeness (QED) is 0.922. The first-order valence-electron chi connectivity index (χ1n) is 6.02. The third kappa shape index (κ3) is 3.76. The highest BCUT2D eigenvalue weighted by Gasteiger charge is 2.13.